The normalized spacial score (nSPS) is 15.9. The quantitative estimate of drug-likeness (QED) is 0.800. The van der Waals surface area contributed by atoms with Crippen molar-refractivity contribution < 1.29 is 13.2 Å². The summed E-state index contributed by atoms with van der Waals surface area (Å²) in [6, 6.07) is 4.85. The van der Waals surface area contributed by atoms with Crippen LogP contribution in [0, 0.1) is 18.3 Å². The standard InChI is InChI=1S/C15H14N2O3S2/c1-3-8-17-12-7-6-11(22(2,19)20)9-13(12)21-15(17)16-14(18)10-4-5-10/h1,6-7,9-10H,4-5,8H2,2H3. The van der Waals surface area contributed by atoms with Crippen LogP contribution in [0.5, 0.6) is 0 Å². The number of hydrogen-bond donors (Lipinski definition) is 0. The Morgan fingerprint density at radius 3 is 2.82 bits per heavy atom. The van der Waals surface area contributed by atoms with Gasteiger partial charge in [0.15, 0.2) is 14.6 Å². The van der Waals surface area contributed by atoms with Crippen molar-refractivity contribution in [2.75, 3.05) is 6.26 Å². The summed E-state index contributed by atoms with van der Waals surface area (Å²) >= 11 is 1.28. The van der Waals surface area contributed by atoms with Crippen molar-refractivity contribution in [1.82, 2.24) is 4.57 Å². The van der Waals surface area contributed by atoms with E-state index in [2.05, 4.69) is 10.9 Å². The van der Waals surface area contributed by atoms with E-state index in [1.165, 1.54) is 17.6 Å². The smallest absolute Gasteiger partial charge is 0.251 e. The summed E-state index contributed by atoms with van der Waals surface area (Å²) in [5.41, 5.74) is 0.790. The molecule has 0 spiro atoms. The van der Waals surface area contributed by atoms with Gasteiger partial charge in [-0.15, -0.1) is 6.42 Å². The highest BCUT2D eigenvalue weighted by Crippen LogP contribution is 2.30. The lowest BCUT2D eigenvalue weighted by molar-refractivity contribution is -0.119. The summed E-state index contributed by atoms with van der Waals surface area (Å²) in [5.74, 6) is 2.46. The molecule has 0 saturated heterocycles. The lowest BCUT2D eigenvalue weighted by atomic mass is 10.3. The first-order valence-electron chi connectivity index (χ1n) is 6.75. The lowest BCUT2D eigenvalue weighted by Gasteiger charge is -2.01. The number of fused-ring (bicyclic) bond motifs is 1. The first kappa shape index (κ1) is 15.0. The molecule has 1 aromatic carbocycles. The molecule has 22 heavy (non-hydrogen) atoms. The van der Waals surface area contributed by atoms with Crippen LogP contribution in [0.3, 0.4) is 0 Å². The molecule has 1 saturated carbocycles. The van der Waals surface area contributed by atoms with E-state index < -0.39 is 9.84 Å². The van der Waals surface area contributed by atoms with Crippen molar-refractivity contribution in [2.45, 2.75) is 24.3 Å². The first-order chi connectivity index (χ1) is 10.4. The number of nitrogens with zero attached hydrogens (tertiary/aromatic N) is 2. The van der Waals surface area contributed by atoms with E-state index in [-0.39, 0.29) is 23.3 Å². The molecule has 114 valence electrons. The van der Waals surface area contributed by atoms with Gasteiger partial charge in [0.25, 0.3) is 5.91 Å². The first-order valence-corrected chi connectivity index (χ1v) is 9.46. The molecule has 1 aromatic heterocycles. The third-order valence-corrected chi connectivity index (χ3v) is 5.62. The summed E-state index contributed by atoms with van der Waals surface area (Å²) in [5, 5.41) is 0. The Morgan fingerprint density at radius 2 is 2.23 bits per heavy atom. The van der Waals surface area contributed by atoms with Crippen LogP contribution >= 0.6 is 11.3 Å². The van der Waals surface area contributed by atoms with E-state index in [0.717, 1.165) is 23.1 Å². The molecule has 0 atom stereocenters. The molecule has 5 nitrogen and oxygen atoms in total. The molecule has 0 N–H and O–H groups in total. The fraction of sp³-hybridized carbons (Fsp3) is 0.333. The van der Waals surface area contributed by atoms with E-state index in [1.807, 2.05) is 0 Å². The third-order valence-electron chi connectivity index (χ3n) is 3.46. The van der Waals surface area contributed by atoms with Gasteiger partial charge in [-0.25, -0.2) is 8.42 Å². The molecule has 0 radical (unpaired) electrons. The van der Waals surface area contributed by atoms with E-state index >= 15 is 0 Å². The molecule has 1 aliphatic rings. The zero-order valence-corrected chi connectivity index (χ0v) is 13.6. The Hall–Kier alpha value is -1.91. The second-order valence-electron chi connectivity index (χ2n) is 5.30. The Labute approximate surface area is 132 Å². The Bertz CT molecular complexity index is 970. The SMILES string of the molecule is C#CCn1c(=NC(=O)C2CC2)sc2cc(S(C)(=O)=O)ccc21. The summed E-state index contributed by atoms with van der Waals surface area (Å²) in [6.07, 6.45) is 8.34. The number of thiazole rings is 1. The van der Waals surface area contributed by atoms with E-state index in [9.17, 15) is 13.2 Å². The maximum Gasteiger partial charge on any atom is 0.251 e. The molecule has 1 heterocycles. The molecule has 3 rings (SSSR count). The maximum absolute atomic E-state index is 11.9. The number of hydrogen-bond acceptors (Lipinski definition) is 4. The average molecular weight is 334 g/mol. The maximum atomic E-state index is 11.9. The van der Waals surface area contributed by atoms with Crippen molar-refractivity contribution in [1.29, 1.82) is 0 Å². The van der Waals surface area contributed by atoms with Crippen LogP contribution in [0.15, 0.2) is 28.1 Å². The summed E-state index contributed by atoms with van der Waals surface area (Å²) in [6.45, 7) is 0.287. The predicted molar refractivity (Wildman–Crippen MR) is 85.1 cm³/mol. The van der Waals surface area contributed by atoms with Crippen LogP contribution in [-0.4, -0.2) is 25.1 Å². The molecule has 1 amide bonds. The van der Waals surface area contributed by atoms with Crippen LogP contribution in [0.2, 0.25) is 0 Å². The zero-order valence-electron chi connectivity index (χ0n) is 11.9. The molecule has 1 aliphatic carbocycles. The van der Waals surface area contributed by atoms with Crippen molar-refractivity contribution in [3.63, 3.8) is 0 Å². The second-order valence-corrected chi connectivity index (χ2v) is 8.33. The van der Waals surface area contributed by atoms with Gasteiger partial charge in [0.1, 0.15) is 0 Å². The summed E-state index contributed by atoms with van der Waals surface area (Å²) in [4.78, 5) is 16.8. The largest absolute Gasteiger partial charge is 0.305 e. The Balaban J connectivity index is 2.21. The third kappa shape index (κ3) is 2.85. The minimum Gasteiger partial charge on any atom is -0.305 e. The van der Waals surface area contributed by atoms with Gasteiger partial charge in [0.05, 0.1) is 21.7 Å². The van der Waals surface area contributed by atoms with Crippen LogP contribution < -0.4 is 4.80 Å². The molecule has 0 aliphatic heterocycles. The highest BCUT2D eigenvalue weighted by Gasteiger charge is 2.29. The van der Waals surface area contributed by atoms with Gasteiger partial charge in [0.2, 0.25) is 0 Å². The van der Waals surface area contributed by atoms with Crippen LogP contribution in [0.4, 0.5) is 0 Å². The van der Waals surface area contributed by atoms with Gasteiger partial charge in [-0.2, -0.15) is 4.99 Å². The summed E-state index contributed by atoms with van der Waals surface area (Å²) in [7, 11) is -3.28. The fourth-order valence-corrected chi connectivity index (χ4v) is 3.93. The number of amides is 1. The fourth-order valence-electron chi connectivity index (χ4n) is 2.13. The second kappa shape index (κ2) is 5.38. The molecule has 0 bridgehead atoms. The number of carbonyl (C=O) groups is 1. The Kier molecular flexibility index (Phi) is 3.67. The Morgan fingerprint density at radius 1 is 1.50 bits per heavy atom. The molecular weight excluding hydrogens is 320 g/mol. The molecule has 0 unspecified atom stereocenters. The van der Waals surface area contributed by atoms with Gasteiger partial charge >= 0.3 is 0 Å². The van der Waals surface area contributed by atoms with E-state index in [0.29, 0.717) is 4.80 Å². The van der Waals surface area contributed by atoms with E-state index in [1.54, 1.807) is 22.8 Å². The number of terminal acetylenes is 1. The molecular formula is C15H14N2O3S2. The van der Waals surface area contributed by atoms with Gasteiger partial charge in [-0.05, 0) is 31.0 Å². The van der Waals surface area contributed by atoms with E-state index in [4.69, 9.17) is 6.42 Å². The van der Waals surface area contributed by atoms with Crippen molar-refractivity contribution in [3.8, 4) is 12.3 Å². The van der Waals surface area contributed by atoms with Gasteiger partial charge in [-0.1, -0.05) is 17.3 Å². The summed E-state index contributed by atoms with van der Waals surface area (Å²) < 4.78 is 25.8. The van der Waals surface area contributed by atoms with Crippen molar-refractivity contribution in [3.05, 3.63) is 23.0 Å². The number of aromatic nitrogens is 1. The van der Waals surface area contributed by atoms with Crippen molar-refractivity contribution in [2.24, 2.45) is 10.9 Å². The van der Waals surface area contributed by atoms with Gasteiger partial charge in [-0.3, -0.25) is 4.79 Å². The highest BCUT2D eigenvalue weighted by molar-refractivity contribution is 7.90. The monoisotopic (exact) mass is 334 g/mol. The molecule has 2 aromatic rings. The van der Waals surface area contributed by atoms with Gasteiger partial charge < -0.3 is 4.57 Å². The molecule has 1 fully saturated rings. The van der Waals surface area contributed by atoms with Gasteiger partial charge in [0, 0.05) is 12.2 Å². The number of benzene rings is 1. The minimum absolute atomic E-state index is 0.0380. The number of sulfone groups is 1. The molecule has 7 heteroatoms. The van der Waals surface area contributed by atoms with Crippen LogP contribution in [0.1, 0.15) is 12.8 Å². The number of carbonyl (C=O) groups excluding carboxylic acids is 1. The lowest BCUT2D eigenvalue weighted by Crippen LogP contribution is -2.16. The number of rotatable bonds is 3. The zero-order chi connectivity index (χ0) is 15.9. The average Bonchev–Trinajstić information content (AvgIpc) is 3.23. The minimum atomic E-state index is -3.28. The van der Waals surface area contributed by atoms with Crippen LogP contribution in [0.25, 0.3) is 10.2 Å². The van der Waals surface area contributed by atoms with Crippen molar-refractivity contribution >= 4 is 37.3 Å². The van der Waals surface area contributed by atoms with Crippen LogP contribution in [-0.2, 0) is 21.2 Å². The highest BCUT2D eigenvalue weighted by atomic mass is 32.2. The predicted octanol–water partition coefficient (Wildman–Crippen LogP) is 1.58. The topological polar surface area (TPSA) is 68.5 Å².